The van der Waals surface area contributed by atoms with Crippen molar-refractivity contribution in [1.82, 2.24) is 0 Å². The minimum absolute atomic E-state index is 0.419. The first-order valence-electron chi connectivity index (χ1n) is 8.55. The highest BCUT2D eigenvalue weighted by Gasteiger charge is 2.30. The highest BCUT2D eigenvalue weighted by molar-refractivity contribution is 4.82. The van der Waals surface area contributed by atoms with Gasteiger partial charge in [-0.25, -0.2) is 0 Å². The highest BCUT2D eigenvalue weighted by atomic mass is 16.3. The highest BCUT2D eigenvalue weighted by Crippen LogP contribution is 2.42. The predicted molar refractivity (Wildman–Crippen MR) is 82.0 cm³/mol. The summed E-state index contributed by atoms with van der Waals surface area (Å²) in [6.07, 6.45) is 17.3. The van der Waals surface area contributed by atoms with Crippen molar-refractivity contribution in [3.8, 4) is 0 Å². The van der Waals surface area contributed by atoms with Crippen LogP contribution >= 0.6 is 0 Å². The molecule has 0 spiro atoms. The lowest BCUT2D eigenvalue weighted by molar-refractivity contribution is 0.115. The molecule has 2 aliphatic carbocycles. The molecule has 2 aliphatic rings. The van der Waals surface area contributed by atoms with Crippen molar-refractivity contribution in [3.05, 3.63) is 12.7 Å². The third-order valence-corrected chi connectivity index (χ3v) is 5.73. The lowest BCUT2D eigenvalue weighted by Crippen LogP contribution is -2.26. The van der Waals surface area contributed by atoms with Crippen LogP contribution in [0.15, 0.2) is 12.7 Å². The van der Waals surface area contributed by atoms with E-state index >= 15 is 0 Å². The van der Waals surface area contributed by atoms with Gasteiger partial charge in [0.2, 0.25) is 0 Å². The van der Waals surface area contributed by atoms with Crippen LogP contribution in [0.25, 0.3) is 0 Å². The van der Waals surface area contributed by atoms with Crippen LogP contribution in [0.2, 0.25) is 0 Å². The SMILES string of the molecule is C=CCCCC1CCC(C2CCC(CO)CC2)CC1. The number of aliphatic hydroxyl groups excluding tert-OH is 1. The molecule has 0 atom stereocenters. The summed E-state index contributed by atoms with van der Waals surface area (Å²) in [5, 5.41) is 9.22. The van der Waals surface area contributed by atoms with Crippen molar-refractivity contribution in [1.29, 1.82) is 0 Å². The van der Waals surface area contributed by atoms with Gasteiger partial charge in [0.25, 0.3) is 0 Å². The van der Waals surface area contributed by atoms with Crippen LogP contribution in [-0.2, 0) is 0 Å². The van der Waals surface area contributed by atoms with Crippen molar-refractivity contribution in [2.24, 2.45) is 23.7 Å². The van der Waals surface area contributed by atoms with E-state index in [1.807, 2.05) is 0 Å². The second-order valence-corrected chi connectivity index (χ2v) is 6.96. The van der Waals surface area contributed by atoms with Crippen molar-refractivity contribution < 1.29 is 5.11 Å². The largest absolute Gasteiger partial charge is 0.396 e. The van der Waals surface area contributed by atoms with E-state index in [1.165, 1.54) is 70.6 Å². The van der Waals surface area contributed by atoms with E-state index in [-0.39, 0.29) is 0 Å². The van der Waals surface area contributed by atoms with Gasteiger partial charge in [0, 0.05) is 6.61 Å². The molecule has 0 aromatic rings. The van der Waals surface area contributed by atoms with E-state index in [2.05, 4.69) is 12.7 Å². The van der Waals surface area contributed by atoms with Crippen LogP contribution in [0.4, 0.5) is 0 Å². The van der Waals surface area contributed by atoms with Crippen LogP contribution in [0.3, 0.4) is 0 Å². The first kappa shape index (κ1) is 15.1. The predicted octanol–water partition coefficient (Wildman–Crippen LogP) is 4.95. The third kappa shape index (κ3) is 4.63. The topological polar surface area (TPSA) is 20.2 Å². The average Bonchev–Trinajstić information content (AvgIpc) is 2.48. The summed E-state index contributed by atoms with van der Waals surface area (Å²) >= 11 is 0. The van der Waals surface area contributed by atoms with Gasteiger partial charge in [-0.1, -0.05) is 25.3 Å². The first-order valence-corrected chi connectivity index (χ1v) is 8.55. The fraction of sp³-hybridized carbons (Fsp3) is 0.889. The summed E-state index contributed by atoms with van der Waals surface area (Å²) in [6, 6.07) is 0. The van der Waals surface area contributed by atoms with Crippen LogP contribution in [0, 0.1) is 23.7 Å². The molecule has 0 amide bonds. The van der Waals surface area contributed by atoms with E-state index in [4.69, 9.17) is 0 Å². The fourth-order valence-electron chi connectivity index (χ4n) is 4.34. The maximum absolute atomic E-state index is 9.22. The lowest BCUT2D eigenvalue weighted by atomic mass is 9.69. The van der Waals surface area contributed by atoms with E-state index in [1.54, 1.807) is 0 Å². The molecule has 0 saturated heterocycles. The Kier molecular flexibility index (Phi) is 6.43. The molecular weight excluding hydrogens is 232 g/mol. The van der Waals surface area contributed by atoms with Crippen LogP contribution in [0.1, 0.15) is 70.6 Å². The second-order valence-electron chi connectivity index (χ2n) is 6.96. The van der Waals surface area contributed by atoms with Gasteiger partial charge in [0.05, 0.1) is 0 Å². The summed E-state index contributed by atoms with van der Waals surface area (Å²) in [6.45, 7) is 4.23. The summed E-state index contributed by atoms with van der Waals surface area (Å²) in [5.74, 6) is 3.61. The van der Waals surface area contributed by atoms with E-state index < -0.39 is 0 Å². The third-order valence-electron chi connectivity index (χ3n) is 5.73. The van der Waals surface area contributed by atoms with Crippen molar-refractivity contribution >= 4 is 0 Å². The molecule has 2 fully saturated rings. The maximum Gasteiger partial charge on any atom is 0.0459 e. The summed E-state index contributed by atoms with van der Waals surface area (Å²) in [7, 11) is 0. The van der Waals surface area contributed by atoms with Gasteiger partial charge in [-0.15, -0.1) is 6.58 Å². The van der Waals surface area contributed by atoms with Gasteiger partial charge in [-0.05, 0) is 75.0 Å². The smallest absolute Gasteiger partial charge is 0.0459 e. The van der Waals surface area contributed by atoms with Gasteiger partial charge in [0.15, 0.2) is 0 Å². The van der Waals surface area contributed by atoms with Gasteiger partial charge >= 0.3 is 0 Å². The molecule has 19 heavy (non-hydrogen) atoms. The zero-order valence-corrected chi connectivity index (χ0v) is 12.5. The molecule has 0 heterocycles. The van der Waals surface area contributed by atoms with Crippen molar-refractivity contribution in [2.45, 2.75) is 70.6 Å². The minimum Gasteiger partial charge on any atom is -0.396 e. The fourth-order valence-corrected chi connectivity index (χ4v) is 4.34. The zero-order valence-electron chi connectivity index (χ0n) is 12.5. The maximum atomic E-state index is 9.22. The quantitative estimate of drug-likeness (QED) is 0.532. The molecular formula is C18H32O. The molecule has 0 aromatic heterocycles. The normalized spacial score (nSPS) is 36.1. The van der Waals surface area contributed by atoms with E-state index in [9.17, 15) is 5.11 Å². The van der Waals surface area contributed by atoms with Crippen LogP contribution in [-0.4, -0.2) is 11.7 Å². The van der Waals surface area contributed by atoms with Gasteiger partial charge < -0.3 is 5.11 Å². The molecule has 0 aliphatic heterocycles. The molecule has 0 radical (unpaired) electrons. The number of unbranched alkanes of at least 4 members (excludes halogenated alkanes) is 1. The minimum atomic E-state index is 0.419. The summed E-state index contributed by atoms with van der Waals surface area (Å²) < 4.78 is 0. The number of hydrogen-bond acceptors (Lipinski definition) is 1. The number of aliphatic hydroxyl groups is 1. The number of rotatable bonds is 6. The lowest BCUT2D eigenvalue weighted by Gasteiger charge is -2.37. The van der Waals surface area contributed by atoms with Crippen molar-refractivity contribution in [2.75, 3.05) is 6.61 Å². The Labute approximate surface area is 119 Å². The average molecular weight is 264 g/mol. The van der Waals surface area contributed by atoms with Crippen LogP contribution < -0.4 is 0 Å². The zero-order chi connectivity index (χ0) is 13.5. The first-order chi connectivity index (χ1) is 9.33. The van der Waals surface area contributed by atoms with Crippen LogP contribution in [0.5, 0.6) is 0 Å². The van der Waals surface area contributed by atoms with Crippen molar-refractivity contribution in [3.63, 3.8) is 0 Å². The molecule has 0 unspecified atom stereocenters. The molecule has 1 nitrogen and oxygen atoms in total. The van der Waals surface area contributed by atoms with Gasteiger partial charge in [-0.3, -0.25) is 0 Å². The molecule has 0 aromatic carbocycles. The Morgan fingerprint density at radius 1 is 0.842 bits per heavy atom. The Morgan fingerprint density at radius 3 is 1.84 bits per heavy atom. The van der Waals surface area contributed by atoms with Gasteiger partial charge in [-0.2, -0.15) is 0 Å². The number of hydrogen-bond donors (Lipinski definition) is 1. The standard InChI is InChI=1S/C18H32O/c1-2-3-4-5-15-6-10-17(11-7-15)18-12-8-16(14-19)9-13-18/h2,15-19H,1,3-14H2. The Bertz CT molecular complexity index is 244. The van der Waals surface area contributed by atoms with E-state index in [0.29, 0.717) is 12.5 Å². The Morgan fingerprint density at radius 2 is 1.37 bits per heavy atom. The molecule has 2 saturated carbocycles. The molecule has 2 rings (SSSR count). The molecule has 110 valence electrons. The molecule has 0 bridgehead atoms. The molecule has 1 N–H and O–H groups in total. The second kappa shape index (κ2) is 8.09. The number of allylic oxidation sites excluding steroid dienone is 1. The van der Waals surface area contributed by atoms with Gasteiger partial charge in [0.1, 0.15) is 0 Å². The Balaban J connectivity index is 1.64. The van der Waals surface area contributed by atoms with E-state index in [0.717, 1.165) is 17.8 Å². The monoisotopic (exact) mass is 264 g/mol. The molecule has 1 heteroatoms. The summed E-state index contributed by atoms with van der Waals surface area (Å²) in [4.78, 5) is 0. The summed E-state index contributed by atoms with van der Waals surface area (Å²) in [5.41, 5.74) is 0. The Hall–Kier alpha value is -0.300.